The number of hydrogen-bond donors (Lipinski definition) is 1. The maximum atomic E-state index is 6.22. The monoisotopic (exact) mass is 253 g/mol. The molecule has 4 heteroatoms. The van der Waals surface area contributed by atoms with E-state index in [1.54, 1.807) is 0 Å². The van der Waals surface area contributed by atoms with Crippen LogP contribution in [0.3, 0.4) is 0 Å². The van der Waals surface area contributed by atoms with E-state index in [1.165, 1.54) is 32.2 Å². The van der Waals surface area contributed by atoms with Crippen LogP contribution in [0.5, 0.6) is 0 Å². The Morgan fingerprint density at radius 1 is 1.17 bits per heavy atom. The molecule has 3 aliphatic heterocycles. The molecule has 2 N–H and O–H groups in total. The van der Waals surface area contributed by atoms with E-state index in [4.69, 9.17) is 10.5 Å². The van der Waals surface area contributed by atoms with Gasteiger partial charge in [0.2, 0.25) is 0 Å². The van der Waals surface area contributed by atoms with E-state index in [9.17, 15) is 0 Å². The molecule has 3 heterocycles. The summed E-state index contributed by atoms with van der Waals surface area (Å²) < 4.78 is 5.60. The van der Waals surface area contributed by atoms with E-state index in [2.05, 4.69) is 16.8 Å². The zero-order valence-corrected chi connectivity index (χ0v) is 11.6. The minimum atomic E-state index is 0.256. The number of rotatable bonds is 2. The van der Waals surface area contributed by atoms with E-state index < -0.39 is 0 Å². The smallest absolute Gasteiger partial charge is 0.0593 e. The molecule has 2 atom stereocenters. The molecule has 3 saturated heterocycles. The number of fused-ring (bicyclic) bond motifs is 2. The molecule has 0 aromatic carbocycles. The number of piperidine rings is 1. The standard InChI is InChI=1S/C14H27N3O/c1-16-12-3-4-13(16)10-14(9-12,11-15)17-5-2-7-18-8-6-17/h12-13H,2-11,15H2,1H3. The van der Waals surface area contributed by atoms with Crippen LogP contribution in [0.25, 0.3) is 0 Å². The van der Waals surface area contributed by atoms with Crippen molar-refractivity contribution in [1.82, 2.24) is 9.80 Å². The third-order valence-electron chi connectivity index (χ3n) is 5.49. The Balaban J connectivity index is 1.77. The van der Waals surface area contributed by atoms with Crippen LogP contribution in [0.4, 0.5) is 0 Å². The topological polar surface area (TPSA) is 41.7 Å². The highest BCUT2D eigenvalue weighted by molar-refractivity contribution is 5.06. The molecule has 2 unspecified atom stereocenters. The van der Waals surface area contributed by atoms with Crippen molar-refractivity contribution in [1.29, 1.82) is 0 Å². The van der Waals surface area contributed by atoms with Gasteiger partial charge in [-0.1, -0.05) is 0 Å². The van der Waals surface area contributed by atoms with Crippen molar-refractivity contribution in [3.63, 3.8) is 0 Å². The Bertz CT molecular complexity index is 275. The highest BCUT2D eigenvalue weighted by Gasteiger charge is 2.48. The third-order valence-corrected chi connectivity index (χ3v) is 5.49. The molecular weight excluding hydrogens is 226 g/mol. The first-order valence-corrected chi connectivity index (χ1v) is 7.50. The van der Waals surface area contributed by atoms with E-state index >= 15 is 0 Å². The minimum Gasteiger partial charge on any atom is -0.380 e. The van der Waals surface area contributed by atoms with Crippen LogP contribution in [0.1, 0.15) is 32.1 Å². The fourth-order valence-electron chi connectivity index (χ4n) is 4.32. The molecule has 2 bridgehead atoms. The van der Waals surface area contributed by atoms with Gasteiger partial charge in [0, 0.05) is 43.9 Å². The lowest BCUT2D eigenvalue weighted by Gasteiger charge is -2.50. The molecule has 104 valence electrons. The van der Waals surface area contributed by atoms with E-state index in [0.717, 1.165) is 44.8 Å². The van der Waals surface area contributed by atoms with Crippen molar-refractivity contribution in [2.24, 2.45) is 5.73 Å². The number of nitrogens with two attached hydrogens (primary N) is 1. The van der Waals surface area contributed by atoms with Gasteiger partial charge in [0.05, 0.1) is 6.61 Å². The lowest BCUT2D eigenvalue weighted by Crippen LogP contribution is -2.62. The van der Waals surface area contributed by atoms with Gasteiger partial charge >= 0.3 is 0 Å². The fourth-order valence-corrected chi connectivity index (χ4v) is 4.32. The molecule has 0 saturated carbocycles. The van der Waals surface area contributed by atoms with E-state index in [0.29, 0.717) is 0 Å². The fraction of sp³-hybridized carbons (Fsp3) is 1.00. The molecular formula is C14H27N3O. The van der Waals surface area contributed by atoms with Gasteiger partial charge in [-0.3, -0.25) is 4.90 Å². The van der Waals surface area contributed by atoms with Crippen LogP contribution in [0.2, 0.25) is 0 Å². The molecule has 3 fully saturated rings. The highest BCUT2D eigenvalue weighted by Crippen LogP contribution is 2.42. The zero-order valence-electron chi connectivity index (χ0n) is 11.6. The summed E-state index contributed by atoms with van der Waals surface area (Å²) in [6.07, 6.45) is 6.42. The summed E-state index contributed by atoms with van der Waals surface area (Å²) in [4.78, 5) is 5.25. The first-order valence-electron chi connectivity index (χ1n) is 7.50. The second kappa shape index (κ2) is 5.08. The molecule has 0 aliphatic carbocycles. The van der Waals surface area contributed by atoms with Crippen molar-refractivity contribution in [2.45, 2.75) is 49.7 Å². The Hall–Kier alpha value is -0.160. The Morgan fingerprint density at radius 2 is 1.89 bits per heavy atom. The summed E-state index contributed by atoms with van der Waals surface area (Å²) in [6, 6.07) is 1.52. The van der Waals surface area contributed by atoms with E-state index in [1.807, 2.05) is 0 Å². The molecule has 0 aromatic heterocycles. The Kier molecular flexibility index (Phi) is 3.63. The summed E-state index contributed by atoms with van der Waals surface area (Å²) >= 11 is 0. The van der Waals surface area contributed by atoms with Crippen molar-refractivity contribution in [2.75, 3.05) is 39.9 Å². The Labute approximate surface area is 110 Å². The molecule has 0 spiro atoms. The number of hydrogen-bond acceptors (Lipinski definition) is 4. The summed E-state index contributed by atoms with van der Waals surface area (Å²) in [5.41, 5.74) is 6.47. The molecule has 3 aliphatic rings. The molecule has 4 nitrogen and oxygen atoms in total. The zero-order chi connectivity index (χ0) is 12.6. The second-order valence-electron chi connectivity index (χ2n) is 6.34. The number of ether oxygens (including phenoxy) is 1. The van der Waals surface area contributed by atoms with Crippen LogP contribution in [-0.2, 0) is 4.74 Å². The first-order chi connectivity index (χ1) is 8.75. The van der Waals surface area contributed by atoms with Crippen LogP contribution in [0.15, 0.2) is 0 Å². The van der Waals surface area contributed by atoms with E-state index in [-0.39, 0.29) is 5.54 Å². The molecule has 0 aromatic rings. The summed E-state index contributed by atoms with van der Waals surface area (Å²) in [5, 5.41) is 0. The normalized spacial score (nSPS) is 43.0. The van der Waals surface area contributed by atoms with Crippen LogP contribution >= 0.6 is 0 Å². The quantitative estimate of drug-likeness (QED) is 0.785. The van der Waals surface area contributed by atoms with Crippen molar-refractivity contribution in [3.05, 3.63) is 0 Å². The maximum Gasteiger partial charge on any atom is 0.0593 e. The SMILES string of the molecule is CN1C2CCC1CC(CN)(N1CCCOCC1)C2. The van der Waals surface area contributed by atoms with Crippen LogP contribution in [-0.4, -0.2) is 67.3 Å². The van der Waals surface area contributed by atoms with Crippen molar-refractivity contribution < 1.29 is 4.74 Å². The minimum absolute atomic E-state index is 0.256. The summed E-state index contributed by atoms with van der Waals surface area (Å²) in [7, 11) is 2.30. The average molecular weight is 253 g/mol. The van der Waals surface area contributed by atoms with Gasteiger partial charge in [0.25, 0.3) is 0 Å². The average Bonchev–Trinajstić information content (AvgIpc) is 2.67. The van der Waals surface area contributed by atoms with Crippen molar-refractivity contribution in [3.8, 4) is 0 Å². The van der Waals surface area contributed by atoms with Gasteiger partial charge in [0.15, 0.2) is 0 Å². The molecule has 18 heavy (non-hydrogen) atoms. The molecule has 0 radical (unpaired) electrons. The van der Waals surface area contributed by atoms with Gasteiger partial charge in [-0.25, -0.2) is 0 Å². The van der Waals surface area contributed by atoms with Crippen LogP contribution in [0, 0.1) is 0 Å². The van der Waals surface area contributed by atoms with Gasteiger partial charge in [-0.05, 0) is 39.2 Å². The lowest BCUT2D eigenvalue weighted by atomic mass is 9.81. The second-order valence-corrected chi connectivity index (χ2v) is 6.34. The van der Waals surface area contributed by atoms with Gasteiger partial charge in [-0.15, -0.1) is 0 Å². The van der Waals surface area contributed by atoms with Gasteiger partial charge < -0.3 is 15.4 Å². The summed E-state index contributed by atoms with van der Waals surface area (Å²) in [5.74, 6) is 0. The Morgan fingerprint density at radius 3 is 2.56 bits per heavy atom. The number of nitrogens with zero attached hydrogens (tertiary/aromatic N) is 2. The lowest BCUT2D eigenvalue weighted by molar-refractivity contribution is -0.000179. The first kappa shape index (κ1) is 12.9. The summed E-state index contributed by atoms with van der Waals surface area (Å²) in [6.45, 7) is 4.85. The third kappa shape index (κ3) is 2.09. The highest BCUT2D eigenvalue weighted by atomic mass is 16.5. The predicted octanol–water partition coefficient (Wildman–Crippen LogP) is 0.663. The van der Waals surface area contributed by atoms with Crippen LogP contribution < -0.4 is 5.73 Å². The van der Waals surface area contributed by atoms with Gasteiger partial charge in [-0.2, -0.15) is 0 Å². The molecule has 3 rings (SSSR count). The molecule has 0 amide bonds. The predicted molar refractivity (Wildman–Crippen MR) is 72.6 cm³/mol. The largest absolute Gasteiger partial charge is 0.380 e. The van der Waals surface area contributed by atoms with Crippen molar-refractivity contribution >= 4 is 0 Å². The maximum absolute atomic E-state index is 6.22. The van der Waals surface area contributed by atoms with Gasteiger partial charge in [0.1, 0.15) is 0 Å².